The van der Waals surface area contributed by atoms with Gasteiger partial charge in [0.2, 0.25) is 0 Å². The summed E-state index contributed by atoms with van der Waals surface area (Å²) in [6, 6.07) is 4.55. The van der Waals surface area contributed by atoms with Crippen LogP contribution in [0.15, 0.2) is 29.4 Å². The van der Waals surface area contributed by atoms with Crippen molar-refractivity contribution in [3.05, 3.63) is 40.3 Å². The lowest BCUT2D eigenvalue weighted by Gasteiger charge is -2.06. The summed E-state index contributed by atoms with van der Waals surface area (Å²) in [7, 11) is 0. The third-order valence-electron chi connectivity index (χ3n) is 1.50. The predicted octanol–water partition coefficient (Wildman–Crippen LogP) is 2.97. The standard InChI is InChI=1S/C8H6F3NO/c9-8(10,11)7-3-1-2-6(4-7)5-12-13/h1-4H,5H2. The summed E-state index contributed by atoms with van der Waals surface area (Å²) in [5, 5.41) is 2.51. The second-order valence-corrected chi connectivity index (χ2v) is 2.49. The molecule has 13 heavy (non-hydrogen) atoms. The van der Waals surface area contributed by atoms with Crippen molar-refractivity contribution in [2.45, 2.75) is 12.7 Å². The summed E-state index contributed by atoms with van der Waals surface area (Å²) in [5.74, 6) is 0. The summed E-state index contributed by atoms with van der Waals surface area (Å²) in [4.78, 5) is 9.80. The Morgan fingerprint density at radius 2 is 2.00 bits per heavy atom. The van der Waals surface area contributed by atoms with Crippen molar-refractivity contribution in [3.8, 4) is 0 Å². The van der Waals surface area contributed by atoms with E-state index in [9.17, 15) is 18.1 Å². The molecule has 0 unspecified atom stereocenters. The first-order chi connectivity index (χ1) is 6.04. The number of nitrogens with zero attached hydrogens (tertiary/aromatic N) is 1. The van der Waals surface area contributed by atoms with Gasteiger partial charge in [0.25, 0.3) is 0 Å². The molecule has 0 aliphatic carbocycles. The minimum atomic E-state index is -4.36. The Labute approximate surface area is 72.4 Å². The van der Waals surface area contributed by atoms with Crippen molar-refractivity contribution in [2.75, 3.05) is 0 Å². The van der Waals surface area contributed by atoms with Crippen LogP contribution in [0.25, 0.3) is 0 Å². The topological polar surface area (TPSA) is 29.4 Å². The summed E-state index contributed by atoms with van der Waals surface area (Å²) in [5.41, 5.74) is -0.488. The third-order valence-corrected chi connectivity index (χ3v) is 1.50. The molecule has 70 valence electrons. The number of halogens is 3. The third kappa shape index (κ3) is 2.54. The lowest BCUT2D eigenvalue weighted by atomic mass is 10.1. The Morgan fingerprint density at radius 1 is 1.31 bits per heavy atom. The first-order valence-corrected chi connectivity index (χ1v) is 3.49. The molecule has 0 aliphatic heterocycles. The summed E-state index contributed by atoms with van der Waals surface area (Å²) >= 11 is 0. The van der Waals surface area contributed by atoms with Crippen LogP contribution in [0.1, 0.15) is 11.1 Å². The fourth-order valence-corrected chi connectivity index (χ4v) is 0.921. The zero-order chi connectivity index (χ0) is 9.90. The predicted molar refractivity (Wildman–Crippen MR) is 40.9 cm³/mol. The Kier molecular flexibility index (Phi) is 2.65. The van der Waals surface area contributed by atoms with Gasteiger partial charge in [0.05, 0.1) is 5.56 Å². The molecule has 1 rings (SSSR count). The molecule has 0 amide bonds. The lowest BCUT2D eigenvalue weighted by molar-refractivity contribution is -0.137. The monoisotopic (exact) mass is 189 g/mol. The minimum Gasteiger partial charge on any atom is -0.166 e. The Bertz CT molecular complexity index is 309. The molecule has 5 heteroatoms. The molecule has 0 saturated heterocycles. The van der Waals surface area contributed by atoms with Crippen molar-refractivity contribution < 1.29 is 13.2 Å². The smallest absolute Gasteiger partial charge is 0.166 e. The Balaban J connectivity index is 2.98. The number of hydrogen-bond acceptors (Lipinski definition) is 2. The van der Waals surface area contributed by atoms with E-state index in [4.69, 9.17) is 0 Å². The van der Waals surface area contributed by atoms with Gasteiger partial charge in [0, 0.05) is 0 Å². The number of rotatable bonds is 2. The number of nitroso groups, excluding NO2 is 1. The van der Waals surface area contributed by atoms with E-state index in [2.05, 4.69) is 5.18 Å². The molecule has 0 atom stereocenters. The molecule has 1 aromatic carbocycles. The van der Waals surface area contributed by atoms with Gasteiger partial charge < -0.3 is 0 Å². The molecule has 0 aliphatic rings. The molecule has 0 spiro atoms. The molecule has 0 saturated carbocycles. The molecule has 2 nitrogen and oxygen atoms in total. The molecule has 0 N–H and O–H groups in total. The van der Waals surface area contributed by atoms with Gasteiger partial charge >= 0.3 is 6.18 Å². The highest BCUT2D eigenvalue weighted by molar-refractivity contribution is 5.25. The van der Waals surface area contributed by atoms with E-state index in [0.717, 1.165) is 12.1 Å². The molecule has 0 aromatic heterocycles. The lowest BCUT2D eigenvalue weighted by Crippen LogP contribution is -2.04. The quantitative estimate of drug-likeness (QED) is 0.657. The van der Waals surface area contributed by atoms with E-state index in [1.807, 2.05) is 0 Å². The molecular formula is C8H6F3NO. The maximum absolute atomic E-state index is 12.1. The van der Waals surface area contributed by atoms with E-state index >= 15 is 0 Å². The van der Waals surface area contributed by atoms with E-state index in [-0.39, 0.29) is 12.1 Å². The van der Waals surface area contributed by atoms with Gasteiger partial charge in [-0.2, -0.15) is 18.1 Å². The van der Waals surface area contributed by atoms with Gasteiger partial charge in [0.15, 0.2) is 0 Å². The summed E-state index contributed by atoms with van der Waals surface area (Å²) in [6.45, 7) is -0.232. The average molecular weight is 189 g/mol. The Morgan fingerprint density at radius 3 is 2.54 bits per heavy atom. The second kappa shape index (κ2) is 3.55. The SMILES string of the molecule is O=NCc1cccc(C(F)(F)F)c1. The van der Waals surface area contributed by atoms with Crippen LogP contribution < -0.4 is 0 Å². The van der Waals surface area contributed by atoms with Gasteiger partial charge in [-0.3, -0.25) is 0 Å². The summed E-state index contributed by atoms with van der Waals surface area (Å²) < 4.78 is 36.3. The van der Waals surface area contributed by atoms with Crippen LogP contribution in [0.5, 0.6) is 0 Å². The maximum atomic E-state index is 12.1. The first-order valence-electron chi connectivity index (χ1n) is 3.49. The zero-order valence-electron chi connectivity index (χ0n) is 6.51. The highest BCUT2D eigenvalue weighted by Gasteiger charge is 2.30. The van der Waals surface area contributed by atoms with E-state index < -0.39 is 11.7 Å². The van der Waals surface area contributed by atoms with E-state index in [1.54, 1.807) is 0 Å². The molecular weight excluding hydrogens is 183 g/mol. The molecule has 0 bridgehead atoms. The molecule has 0 fully saturated rings. The van der Waals surface area contributed by atoms with Crippen LogP contribution in [0.2, 0.25) is 0 Å². The number of benzene rings is 1. The van der Waals surface area contributed by atoms with Crippen LogP contribution in [0.4, 0.5) is 13.2 Å². The van der Waals surface area contributed by atoms with Gasteiger partial charge in [-0.1, -0.05) is 17.3 Å². The van der Waals surface area contributed by atoms with Crippen molar-refractivity contribution in [1.82, 2.24) is 0 Å². The molecule has 0 radical (unpaired) electrons. The van der Waals surface area contributed by atoms with Gasteiger partial charge in [-0.25, -0.2) is 0 Å². The van der Waals surface area contributed by atoms with Gasteiger partial charge in [0.1, 0.15) is 6.54 Å². The highest BCUT2D eigenvalue weighted by atomic mass is 19.4. The van der Waals surface area contributed by atoms with Crippen LogP contribution in [-0.4, -0.2) is 0 Å². The van der Waals surface area contributed by atoms with Crippen LogP contribution in [-0.2, 0) is 12.7 Å². The first kappa shape index (κ1) is 9.70. The fourth-order valence-electron chi connectivity index (χ4n) is 0.921. The van der Waals surface area contributed by atoms with Crippen molar-refractivity contribution in [3.63, 3.8) is 0 Å². The van der Waals surface area contributed by atoms with Crippen LogP contribution in [0, 0.1) is 4.91 Å². The van der Waals surface area contributed by atoms with Crippen molar-refractivity contribution in [1.29, 1.82) is 0 Å². The van der Waals surface area contributed by atoms with Gasteiger partial charge in [-0.15, -0.1) is 0 Å². The average Bonchev–Trinajstić information content (AvgIpc) is 2.04. The van der Waals surface area contributed by atoms with Gasteiger partial charge in [-0.05, 0) is 17.7 Å². The normalized spacial score (nSPS) is 11.3. The largest absolute Gasteiger partial charge is 0.416 e. The number of hydrogen-bond donors (Lipinski definition) is 0. The second-order valence-electron chi connectivity index (χ2n) is 2.49. The van der Waals surface area contributed by atoms with E-state index in [0.29, 0.717) is 0 Å². The van der Waals surface area contributed by atoms with Crippen LogP contribution >= 0.6 is 0 Å². The molecule has 1 aromatic rings. The Hall–Kier alpha value is -1.39. The highest BCUT2D eigenvalue weighted by Crippen LogP contribution is 2.29. The zero-order valence-corrected chi connectivity index (χ0v) is 6.51. The summed E-state index contributed by atoms with van der Waals surface area (Å²) in [6.07, 6.45) is -4.36. The maximum Gasteiger partial charge on any atom is 0.416 e. The fraction of sp³-hybridized carbons (Fsp3) is 0.250. The van der Waals surface area contributed by atoms with Crippen molar-refractivity contribution >= 4 is 0 Å². The van der Waals surface area contributed by atoms with Crippen molar-refractivity contribution in [2.24, 2.45) is 5.18 Å². The minimum absolute atomic E-state index is 0.232. The van der Waals surface area contributed by atoms with Crippen LogP contribution in [0.3, 0.4) is 0 Å². The number of alkyl halides is 3. The molecule has 0 heterocycles. The van der Waals surface area contributed by atoms with E-state index in [1.165, 1.54) is 12.1 Å².